The van der Waals surface area contributed by atoms with Gasteiger partial charge in [0, 0.05) is 5.56 Å². The third-order valence-corrected chi connectivity index (χ3v) is 3.25. The SMILES string of the molecule is O=c1[nH]c2ccccc2nc1-c1ccc2c(c1)OCO2. The Labute approximate surface area is 113 Å². The van der Waals surface area contributed by atoms with E-state index in [9.17, 15) is 4.79 Å². The molecule has 20 heavy (non-hydrogen) atoms. The van der Waals surface area contributed by atoms with Crippen LogP contribution in [0.25, 0.3) is 22.3 Å². The third-order valence-electron chi connectivity index (χ3n) is 3.25. The van der Waals surface area contributed by atoms with Gasteiger partial charge in [-0.05, 0) is 30.3 Å². The summed E-state index contributed by atoms with van der Waals surface area (Å²) in [5.74, 6) is 1.32. The lowest BCUT2D eigenvalue weighted by molar-refractivity contribution is 0.174. The number of benzene rings is 2. The number of aromatic nitrogens is 2. The van der Waals surface area contributed by atoms with E-state index in [0.717, 1.165) is 11.0 Å². The number of rotatable bonds is 1. The number of nitrogens with one attached hydrogen (secondary N) is 1. The van der Waals surface area contributed by atoms with Crippen LogP contribution < -0.4 is 15.0 Å². The number of hydrogen-bond acceptors (Lipinski definition) is 4. The summed E-state index contributed by atoms with van der Waals surface area (Å²) in [4.78, 5) is 19.4. The van der Waals surface area contributed by atoms with E-state index in [0.29, 0.717) is 22.8 Å². The van der Waals surface area contributed by atoms with E-state index in [2.05, 4.69) is 9.97 Å². The largest absolute Gasteiger partial charge is 0.454 e. The van der Waals surface area contributed by atoms with Crippen molar-refractivity contribution >= 4 is 11.0 Å². The molecular weight excluding hydrogens is 256 g/mol. The van der Waals surface area contributed by atoms with Crippen molar-refractivity contribution in [3.05, 3.63) is 52.8 Å². The lowest BCUT2D eigenvalue weighted by Crippen LogP contribution is -2.11. The Balaban J connectivity index is 1.93. The first-order valence-corrected chi connectivity index (χ1v) is 6.20. The minimum Gasteiger partial charge on any atom is -0.454 e. The molecule has 5 nitrogen and oxygen atoms in total. The second-order valence-electron chi connectivity index (χ2n) is 4.50. The molecule has 0 radical (unpaired) electrons. The fraction of sp³-hybridized carbons (Fsp3) is 0.0667. The van der Waals surface area contributed by atoms with Crippen molar-refractivity contribution in [3.8, 4) is 22.8 Å². The molecule has 2 heterocycles. The average Bonchev–Trinajstić information content (AvgIpc) is 2.94. The minimum atomic E-state index is -0.220. The lowest BCUT2D eigenvalue weighted by atomic mass is 10.1. The van der Waals surface area contributed by atoms with Crippen molar-refractivity contribution in [2.75, 3.05) is 6.79 Å². The van der Waals surface area contributed by atoms with Gasteiger partial charge in [0.1, 0.15) is 5.69 Å². The molecule has 0 aliphatic carbocycles. The summed E-state index contributed by atoms with van der Waals surface area (Å²) in [5, 5.41) is 0. The van der Waals surface area contributed by atoms with Gasteiger partial charge in [0.05, 0.1) is 11.0 Å². The Hall–Kier alpha value is -2.82. The highest BCUT2D eigenvalue weighted by Crippen LogP contribution is 2.34. The van der Waals surface area contributed by atoms with E-state index in [1.807, 2.05) is 24.3 Å². The molecule has 5 heteroatoms. The molecule has 0 bridgehead atoms. The molecule has 2 aromatic carbocycles. The quantitative estimate of drug-likeness (QED) is 0.734. The molecule has 0 unspecified atom stereocenters. The monoisotopic (exact) mass is 266 g/mol. The fourth-order valence-corrected chi connectivity index (χ4v) is 2.27. The molecule has 0 amide bonds. The van der Waals surface area contributed by atoms with Crippen molar-refractivity contribution in [2.45, 2.75) is 0 Å². The van der Waals surface area contributed by atoms with Gasteiger partial charge in [0.15, 0.2) is 11.5 Å². The van der Waals surface area contributed by atoms with E-state index >= 15 is 0 Å². The summed E-state index contributed by atoms with van der Waals surface area (Å²) in [6.45, 7) is 0.209. The van der Waals surface area contributed by atoms with Crippen LogP contribution in [0.15, 0.2) is 47.3 Å². The summed E-state index contributed by atoms with van der Waals surface area (Å²) < 4.78 is 10.6. The van der Waals surface area contributed by atoms with Gasteiger partial charge in [-0.25, -0.2) is 4.98 Å². The highest BCUT2D eigenvalue weighted by atomic mass is 16.7. The first-order chi connectivity index (χ1) is 9.81. The number of nitrogens with zero attached hydrogens (tertiary/aromatic N) is 1. The molecule has 1 aromatic heterocycles. The van der Waals surface area contributed by atoms with Gasteiger partial charge >= 0.3 is 0 Å². The Bertz CT molecular complexity index is 870. The van der Waals surface area contributed by atoms with Crippen molar-refractivity contribution < 1.29 is 9.47 Å². The fourth-order valence-electron chi connectivity index (χ4n) is 2.27. The topological polar surface area (TPSA) is 64.2 Å². The molecule has 1 aliphatic heterocycles. The smallest absolute Gasteiger partial charge is 0.274 e. The average molecular weight is 266 g/mol. The zero-order chi connectivity index (χ0) is 13.5. The molecule has 0 fully saturated rings. The summed E-state index contributed by atoms with van der Waals surface area (Å²) >= 11 is 0. The molecule has 1 N–H and O–H groups in total. The Morgan fingerprint density at radius 1 is 1.05 bits per heavy atom. The predicted molar refractivity (Wildman–Crippen MR) is 73.9 cm³/mol. The van der Waals surface area contributed by atoms with E-state index in [1.165, 1.54) is 0 Å². The van der Waals surface area contributed by atoms with E-state index in [4.69, 9.17) is 9.47 Å². The van der Waals surface area contributed by atoms with Crippen molar-refractivity contribution in [2.24, 2.45) is 0 Å². The summed E-state index contributed by atoms with van der Waals surface area (Å²) in [6.07, 6.45) is 0. The standard InChI is InChI=1S/C15H10N2O3/c18-15-14(16-10-3-1-2-4-11(10)17-15)9-5-6-12-13(7-9)20-8-19-12/h1-7H,8H2,(H,17,18). The Morgan fingerprint density at radius 3 is 2.85 bits per heavy atom. The van der Waals surface area contributed by atoms with Crippen molar-refractivity contribution in [1.82, 2.24) is 9.97 Å². The van der Waals surface area contributed by atoms with Crippen LogP contribution in [0.3, 0.4) is 0 Å². The van der Waals surface area contributed by atoms with Gasteiger partial charge < -0.3 is 14.5 Å². The third kappa shape index (κ3) is 1.64. The van der Waals surface area contributed by atoms with Crippen molar-refractivity contribution in [1.29, 1.82) is 0 Å². The van der Waals surface area contributed by atoms with Crippen LogP contribution in [0, 0.1) is 0 Å². The van der Waals surface area contributed by atoms with Gasteiger partial charge in [0.25, 0.3) is 5.56 Å². The summed E-state index contributed by atoms with van der Waals surface area (Å²) in [6, 6.07) is 12.8. The molecule has 98 valence electrons. The number of ether oxygens (including phenoxy) is 2. The number of para-hydroxylation sites is 2. The molecular formula is C15H10N2O3. The molecule has 4 rings (SSSR count). The van der Waals surface area contributed by atoms with Gasteiger partial charge in [-0.2, -0.15) is 0 Å². The van der Waals surface area contributed by atoms with Crippen LogP contribution >= 0.6 is 0 Å². The zero-order valence-corrected chi connectivity index (χ0v) is 10.4. The predicted octanol–water partition coefficient (Wildman–Crippen LogP) is 2.32. The second-order valence-corrected chi connectivity index (χ2v) is 4.50. The van der Waals surface area contributed by atoms with E-state index < -0.39 is 0 Å². The van der Waals surface area contributed by atoms with Gasteiger partial charge in [-0.15, -0.1) is 0 Å². The first-order valence-electron chi connectivity index (χ1n) is 6.20. The molecule has 0 spiro atoms. The number of hydrogen-bond donors (Lipinski definition) is 1. The zero-order valence-electron chi connectivity index (χ0n) is 10.4. The highest BCUT2D eigenvalue weighted by molar-refractivity contribution is 5.77. The minimum absolute atomic E-state index is 0.209. The summed E-state index contributed by atoms with van der Waals surface area (Å²) in [5.41, 5.74) is 2.34. The van der Waals surface area contributed by atoms with Crippen LogP contribution in [0.4, 0.5) is 0 Å². The van der Waals surface area contributed by atoms with Crippen LogP contribution in [-0.2, 0) is 0 Å². The van der Waals surface area contributed by atoms with Crippen LogP contribution in [0.1, 0.15) is 0 Å². The highest BCUT2D eigenvalue weighted by Gasteiger charge is 2.16. The van der Waals surface area contributed by atoms with Crippen molar-refractivity contribution in [3.63, 3.8) is 0 Å². The second kappa shape index (κ2) is 4.09. The summed E-state index contributed by atoms with van der Waals surface area (Å²) in [7, 11) is 0. The molecule has 1 aliphatic rings. The van der Waals surface area contributed by atoms with E-state index in [1.54, 1.807) is 18.2 Å². The number of aromatic amines is 1. The molecule has 0 atom stereocenters. The maximum Gasteiger partial charge on any atom is 0.274 e. The number of H-pyrrole nitrogens is 1. The molecule has 0 saturated heterocycles. The lowest BCUT2D eigenvalue weighted by Gasteiger charge is -2.03. The molecule has 3 aromatic rings. The Morgan fingerprint density at radius 2 is 1.90 bits per heavy atom. The Kier molecular flexibility index (Phi) is 2.26. The van der Waals surface area contributed by atoms with Crippen LogP contribution in [0.2, 0.25) is 0 Å². The van der Waals surface area contributed by atoms with Gasteiger partial charge in [-0.3, -0.25) is 4.79 Å². The maximum absolute atomic E-state index is 12.1. The van der Waals surface area contributed by atoms with E-state index in [-0.39, 0.29) is 12.4 Å². The van der Waals surface area contributed by atoms with Crippen LogP contribution in [0.5, 0.6) is 11.5 Å². The normalized spacial score (nSPS) is 12.8. The van der Waals surface area contributed by atoms with Gasteiger partial charge in [0.2, 0.25) is 6.79 Å². The maximum atomic E-state index is 12.1. The van der Waals surface area contributed by atoms with Gasteiger partial charge in [-0.1, -0.05) is 12.1 Å². The first kappa shape index (κ1) is 11.0. The molecule has 0 saturated carbocycles. The van der Waals surface area contributed by atoms with Crippen LogP contribution in [-0.4, -0.2) is 16.8 Å². The number of fused-ring (bicyclic) bond motifs is 2.